The van der Waals surface area contributed by atoms with Crippen LogP contribution in [0.25, 0.3) is 0 Å². The van der Waals surface area contributed by atoms with E-state index < -0.39 is 0 Å². The minimum Gasteiger partial charge on any atom is -0.365 e. The molecule has 1 nitrogen and oxygen atoms in total. The van der Waals surface area contributed by atoms with Gasteiger partial charge in [-0.15, -0.1) is 6.42 Å². The van der Waals surface area contributed by atoms with Gasteiger partial charge in [0.25, 0.3) is 0 Å². The topological polar surface area (TPSA) is 9.23 Å². The maximum atomic E-state index is 5.79. The zero-order valence-electron chi connectivity index (χ0n) is 9.47. The van der Waals surface area contributed by atoms with Crippen molar-refractivity contribution < 1.29 is 4.74 Å². The second-order valence-corrected chi connectivity index (χ2v) is 5.61. The van der Waals surface area contributed by atoms with E-state index in [1.54, 1.807) is 0 Å². The predicted molar refractivity (Wildman–Crippen MR) is 57.8 cm³/mol. The van der Waals surface area contributed by atoms with Crippen LogP contribution in [0, 0.1) is 29.1 Å². The van der Waals surface area contributed by atoms with Gasteiger partial charge in [-0.1, -0.05) is 26.7 Å². The van der Waals surface area contributed by atoms with Gasteiger partial charge in [-0.05, 0) is 36.0 Å². The highest BCUT2D eigenvalue weighted by Gasteiger charge is 2.61. The van der Waals surface area contributed by atoms with Gasteiger partial charge in [0, 0.05) is 0 Å². The molecule has 3 atom stereocenters. The molecule has 0 aromatic carbocycles. The Labute approximate surface area is 87.2 Å². The lowest BCUT2D eigenvalue weighted by Gasteiger charge is -2.38. The molecule has 2 aliphatic carbocycles. The summed E-state index contributed by atoms with van der Waals surface area (Å²) in [5, 5.41) is 0. The molecule has 2 aliphatic rings. The van der Waals surface area contributed by atoms with E-state index in [9.17, 15) is 0 Å². The van der Waals surface area contributed by atoms with E-state index in [2.05, 4.69) is 26.7 Å². The Kier molecular flexibility index (Phi) is 2.16. The predicted octanol–water partition coefficient (Wildman–Crippen LogP) is 2.85. The Morgan fingerprint density at radius 3 is 2.57 bits per heavy atom. The van der Waals surface area contributed by atoms with Gasteiger partial charge in [-0.25, -0.2) is 0 Å². The standard InChI is InChI=1S/C13H20O/c1-5-8-14-11-9-10-6-7-13(11,4)12(10,2)3/h1,10-11H,6-9H2,2-4H3. The van der Waals surface area contributed by atoms with Crippen LogP contribution < -0.4 is 0 Å². The maximum absolute atomic E-state index is 5.79. The van der Waals surface area contributed by atoms with E-state index in [0.717, 1.165) is 5.92 Å². The lowest BCUT2D eigenvalue weighted by molar-refractivity contribution is -0.0332. The molecule has 0 saturated heterocycles. The van der Waals surface area contributed by atoms with Crippen molar-refractivity contribution in [3.05, 3.63) is 0 Å². The fourth-order valence-electron chi connectivity index (χ4n) is 3.53. The van der Waals surface area contributed by atoms with E-state index in [4.69, 9.17) is 11.2 Å². The highest BCUT2D eigenvalue weighted by Crippen LogP contribution is 2.66. The van der Waals surface area contributed by atoms with Crippen LogP contribution in [-0.2, 0) is 4.74 Å². The zero-order valence-corrected chi connectivity index (χ0v) is 9.47. The lowest BCUT2D eigenvalue weighted by atomic mass is 9.70. The van der Waals surface area contributed by atoms with Gasteiger partial charge < -0.3 is 4.74 Å². The maximum Gasteiger partial charge on any atom is 0.107 e. The number of fused-ring (bicyclic) bond motifs is 2. The molecule has 0 spiro atoms. The molecule has 2 fully saturated rings. The van der Waals surface area contributed by atoms with Gasteiger partial charge in [-0.3, -0.25) is 0 Å². The van der Waals surface area contributed by atoms with Gasteiger partial charge in [-0.2, -0.15) is 0 Å². The van der Waals surface area contributed by atoms with Crippen molar-refractivity contribution in [3.63, 3.8) is 0 Å². The molecule has 0 amide bonds. The van der Waals surface area contributed by atoms with E-state index in [-0.39, 0.29) is 0 Å². The van der Waals surface area contributed by atoms with Crippen molar-refractivity contribution in [1.82, 2.24) is 0 Å². The minimum absolute atomic E-state index is 0.356. The summed E-state index contributed by atoms with van der Waals surface area (Å²) < 4.78 is 5.79. The molecule has 0 aliphatic heterocycles. The second kappa shape index (κ2) is 3.00. The molecule has 0 radical (unpaired) electrons. The van der Waals surface area contributed by atoms with Crippen LogP contribution in [0.3, 0.4) is 0 Å². The first kappa shape index (κ1) is 10.1. The Morgan fingerprint density at radius 2 is 2.14 bits per heavy atom. The van der Waals surface area contributed by atoms with Crippen LogP contribution in [0.1, 0.15) is 40.0 Å². The highest BCUT2D eigenvalue weighted by atomic mass is 16.5. The quantitative estimate of drug-likeness (QED) is 0.611. The number of terminal acetylenes is 1. The van der Waals surface area contributed by atoms with E-state index >= 15 is 0 Å². The average molecular weight is 192 g/mol. The van der Waals surface area contributed by atoms with Crippen molar-refractivity contribution in [3.8, 4) is 12.3 Å². The van der Waals surface area contributed by atoms with Gasteiger partial charge in [0.05, 0.1) is 6.10 Å². The first-order chi connectivity index (χ1) is 6.52. The number of hydrogen-bond donors (Lipinski definition) is 0. The van der Waals surface area contributed by atoms with E-state index in [1.807, 2.05) is 0 Å². The number of hydrogen-bond acceptors (Lipinski definition) is 1. The summed E-state index contributed by atoms with van der Waals surface area (Å²) in [5.41, 5.74) is 0.792. The summed E-state index contributed by atoms with van der Waals surface area (Å²) >= 11 is 0. The van der Waals surface area contributed by atoms with Crippen molar-refractivity contribution in [2.45, 2.75) is 46.1 Å². The average Bonchev–Trinajstić information content (AvgIpc) is 2.46. The summed E-state index contributed by atoms with van der Waals surface area (Å²) in [5.74, 6) is 3.42. The van der Waals surface area contributed by atoms with Crippen molar-refractivity contribution >= 4 is 0 Å². The van der Waals surface area contributed by atoms with E-state index in [1.165, 1.54) is 19.3 Å². The fraction of sp³-hybridized carbons (Fsp3) is 0.846. The molecule has 0 aromatic rings. The van der Waals surface area contributed by atoms with Gasteiger partial charge in [0.2, 0.25) is 0 Å². The molecule has 0 N–H and O–H groups in total. The molecular formula is C13H20O. The molecule has 2 saturated carbocycles. The largest absolute Gasteiger partial charge is 0.365 e. The van der Waals surface area contributed by atoms with Crippen LogP contribution in [0.5, 0.6) is 0 Å². The van der Waals surface area contributed by atoms with Crippen molar-refractivity contribution in [2.75, 3.05) is 6.61 Å². The van der Waals surface area contributed by atoms with Crippen LogP contribution in [-0.4, -0.2) is 12.7 Å². The van der Waals surface area contributed by atoms with E-state index in [0.29, 0.717) is 23.5 Å². The Hall–Kier alpha value is -0.480. The van der Waals surface area contributed by atoms with Gasteiger partial charge in [0.1, 0.15) is 6.61 Å². The van der Waals surface area contributed by atoms with Crippen molar-refractivity contribution in [2.24, 2.45) is 16.7 Å². The molecule has 78 valence electrons. The summed E-state index contributed by atoms with van der Waals surface area (Å²) in [7, 11) is 0. The summed E-state index contributed by atoms with van der Waals surface area (Å²) in [4.78, 5) is 0. The first-order valence-corrected chi connectivity index (χ1v) is 5.57. The fourth-order valence-corrected chi connectivity index (χ4v) is 3.53. The molecule has 2 rings (SSSR count). The molecule has 3 unspecified atom stereocenters. The molecule has 0 heterocycles. The first-order valence-electron chi connectivity index (χ1n) is 5.57. The third kappa shape index (κ3) is 1.07. The minimum atomic E-state index is 0.356. The van der Waals surface area contributed by atoms with Gasteiger partial charge in [0.15, 0.2) is 0 Å². The normalized spacial score (nSPS) is 43.9. The summed E-state index contributed by atoms with van der Waals surface area (Å²) in [6.45, 7) is 7.64. The van der Waals surface area contributed by atoms with Crippen LogP contribution in [0.4, 0.5) is 0 Å². The number of rotatable bonds is 2. The third-order valence-electron chi connectivity index (χ3n) is 5.08. The third-order valence-corrected chi connectivity index (χ3v) is 5.08. The molecule has 2 bridgehead atoms. The Balaban J connectivity index is 2.15. The van der Waals surface area contributed by atoms with Crippen LogP contribution in [0.15, 0.2) is 0 Å². The lowest BCUT2D eigenvalue weighted by Crippen LogP contribution is -2.37. The molecule has 0 aromatic heterocycles. The monoisotopic (exact) mass is 192 g/mol. The summed E-state index contributed by atoms with van der Waals surface area (Å²) in [6.07, 6.45) is 9.53. The summed E-state index contributed by atoms with van der Waals surface area (Å²) in [6, 6.07) is 0. The number of ether oxygens (including phenoxy) is 1. The molecule has 1 heteroatoms. The van der Waals surface area contributed by atoms with Crippen molar-refractivity contribution in [1.29, 1.82) is 0 Å². The van der Waals surface area contributed by atoms with Gasteiger partial charge >= 0.3 is 0 Å². The van der Waals surface area contributed by atoms with Crippen LogP contribution >= 0.6 is 0 Å². The second-order valence-electron chi connectivity index (χ2n) is 5.61. The smallest absolute Gasteiger partial charge is 0.107 e. The molecular weight excluding hydrogens is 172 g/mol. The molecule has 14 heavy (non-hydrogen) atoms. The zero-order chi connectivity index (χ0) is 10.4. The highest BCUT2D eigenvalue weighted by molar-refractivity contribution is 5.11. The SMILES string of the molecule is C#CCOC1CC2CCC1(C)C2(C)C. The van der Waals surface area contributed by atoms with Crippen LogP contribution in [0.2, 0.25) is 0 Å². The Morgan fingerprint density at radius 1 is 1.43 bits per heavy atom. The Bertz CT molecular complexity index is 273.